The Balaban J connectivity index is 1.28. The maximum atomic E-state index is 14.7. The van der Waals surface area contributed by atoms with Crippen molar-refractivity contribution in [1.29, 1.82) is 0 Å². The molecule has 0 aliphatic heterocycles. The minimum atomic E-state index is -0.325. The van der Waals surface area contributed by atoms with Crippen molar-refractivity contribution in [2.24, 2.45) is 0 Å². The van der Waals surface area contributed by atoms with E-state index < -0.39 is 0 Å². The number of hydrogen-bond donors (Lipinski definition) is 0. The number of para-hydroxylation sites is 1. The molecule has 0 atom stereocenters. The molecule has 0 saturated carbocycles. The molecule has 0 N–H and O–H groups in total. The fourth-order valence-electron chi connectivity index (χ4n) is 7.65. The molecular weight excluding hydrogens is 603 g/mol. The van der Waals surface area contributed by atoms with Crippen LogP contribution in [0.4, 0.5) is 0 Å². The second kappa shape index (κ2) is 10.4. The summed E-state index contributed by atoms with van der Waals surface area (Å²) in [6, 6.07) is 55.3. The summed E-state index contributed by atoms with van der Waals surface area (Å²) in [7, 11) is 0. The zero-order valence-corrected chi connectivity index (χ0v) is 26.2. The molecule has 0 aliphatic rings. The predicted molar refractivity (Wildman–Crippen MR) is 200 cm³/mol. The summed E-state index contributed by atoms with van der Waals surface area (Å²) in [6.45, 7) is 0. The lowest BCUT2D eigenvalue weighted by Crippen LogP contribution is -2.21. The van der Waals surface area contributed by atoms with E-state index in [0.29, 0.717) is 21.8 Å². The quantitative estimate of drug-likeness (QED) is 0.195. The summed E-state index contributed by atoms with van der Waals surface area (Å²) in [4.78, 5) is 29.1. The Kier molecular flexibility index (Phi) is 5.81. The van der Waals surface area contributed by atoms with Crippen LogP contribution in [0.2, 0.25) is 0 Å². The van der Waals surface area contributed by atoms with Gasteiger partial charge in [-0.1, -0.05) is 115 Å². The SMILES string of the molecule is O=c1c2c(-c3cccc(-c4ccccc4)c3)cccc2n2c3ccc4c5cc(-c6ccccc6)ccc5n(-c5ccccc5)c4c3c(=O)n12. The Bertz CT molecular complexity index is 3010. The molecular formula is C44H27N3O2. The van der Waals surface area contributed by atoms with Gasteiger partial charge in [0.15, 0.2) is 0 Å². The minimum absolute atomic E-state index is 0.321. The third kappa shape index (κ3) is 3.93. The Morgan fingerprint density at radius 2 is 0.939 bits per heavy atom. The zero-order chi connectivity index (χ0) is 32.6. The molecule has 230 valence electrons. The van der Waals surface area contributed by atoms with Gasteiger partial charge in [-0.15, -0.1) is 0 Å². The van der Waals surface area contributed by atoms with Crippen LogP contribution in [0.1, 0.15) is 0 Å². The maximum absolute atomic E-state index is 14.7. The monoisotopic (exact) mass is 629 g/mol. The summed E-state index contributed by atoms with van der Waals surface area (Å²) in [6.07, 6.45) is 0. The smallest absolute Gasteiger partial charge is 0.284 e. The molecule has 0 fully saturated rings. The number of nitrogens with zero attached hydrogens (tertiary/aromatic N) is 3. The second-order valence-electron chi connectivity index (χ2n) is 12.5. The van der Waals surface area contributed by atoms with Crippen molar-refractivity contribution in [3.8, 4) is 39.1 Å². The van der Waals surface area contributed by atoms with Gasteiger partial charge in [-0.05, 0) is 81.9 Å². The van der Waals surface area contributed by atoms with Crippen LogP contribution in [0.25, 0.3) is 82.7 Å². The average Bonchev–Trinajstić information content (AvgIpc) is 3.77. The molecule has 0 amide bonds. The summed E-state index contributed by atoms with van der Waals surface area (Å²) in [5.41, 5.74) is 9.62. The second-order valence-corrected chi connectivity index (χ2v) is 12.5. The maximum Gasteiger partial charge on any atom is 0.284 e. The lowest BCUT2D eigenvalue weighted by molar-refractivity contribution is 0.841. The Morgan fingerprint density at radius 1 is 0.367 bits per heavy atom. The van der Waals surface area contributed by atoms with E-state index in [0.717, 1.165) is 60.9 Å². The van der Waals surface area contributed by atoms with E-state index >= 15 is 0 Å². The molecule has 0 saturated heterocycles. The molecule has 49 heavy (non-hydrogen) atoms. The topological polar surface area (TPSA) is 47.9 Å². The van der Waals surface area contributed by atoms with Gasteiger partial charge in [-0.3, -0.25) is 9.59 Å². The van der Waals surface area contributed by atoms with Gasteiger partial charge in [0.2, 0.25) is 0 Å². The third-order valence-corrected chi connectivity index (χ3v) is 9.82. The van der Waals surface area contributed by atoms with Gasteiger partial charge in [0.05, 0.1) is 32.8 Å². The highest BCUT2D eigenvalue weighted by Crippen LogP contribution is 2.38. The number of fused-ring (bicyclic) bond motifs is 9. The van der Waals surface area contributed by atoms with Crippen molar-refractivity contribution in [2.45, 2.75) is 0 Å². The first-order valence-corrected chi connectivity index (χ1v) is 16.4. The highest BCUT2D eigenvalue weighted by molar-refractivity contribution is 6.19. The van der Waals surface area contributed by atoms with Crippen molar-refractivity contribution in [2.75, 3.05) is 0 Å². The molecule has 5 heteroatoms. The standard InChI is InChI=1S/C44H27N3O2/c48-43-40-34(32-17-10-16-30(26-32)28-12-4-1-5-13-28)20-11-21-38(40)46-39-25-23-35-36-27-31(29-14-6-2-7-15-29)22-24-37(36)45(33-18-8-3-9-19-33)42(35)41(39)44(49)47(43)46/h1-27H. The summed E-state index contributed by atoms with van der Waals surface area (Å²) in [5.74, 6) is 0. The lowest BCUT2D eigenvalue weighted by Gasteiger charge is -2.09. The molecule has 0 radical (unpaired) electrons. The van der Waals surface area contributed by atoms with Gasteiger partial charge in [0.1, 0.15) is 0 Å². The normalized spacial score (nSPS) is 11.8. The lowest BCUT2D eigenvalue weighted by atomic mass is 9.97. The van der Waals surface area contributed by atoms with Crippen LogP contribution in [-0.2, 0) is 0 Å². The van der Waals surface area contributed by atoms with Gasteiger partial charge in [-0.2, -0.15) is 4.52 Å². The molecule has 7 aromatic carbocycles. The minimum Gasteiger partial charge on any atom is -0.308 e. The molecule has 3 aromatic heterocycles. The van der Waals surface area contributed by atoms with Crippen molar-refractivity contribution < 1.29 is 0 Å². The number of hydrogen-bond acceptors (Lipinski definition) is 2. The molecule has 10 rings (SSSR count). The van der Waals surface area contributed by atoms with E-state index in [-0.39, 0.29) is 11.1 Å². The van der Waals surface area contributed by atoms with Gasteiger partial charge in [0.25, 0.3) is 11.1 Å². The Labute approximate surface area is 280 Å². The molecule has 0 bridgehead atoms. The first-order valence-electron chi connectivity index (χ1n) is 16.4. The molecule has 0 aliphatic carbocycles. The summed E-state index contributed by atoms with van der Waals surface area (Å²) in [5, 5.41) is 3.06. The van der Waals surface area contributed by atoms with Gasteiger partial charge in [-0.25, -0.2) is 4.52 Å². The summed E-state index contributed by atoms with van der Waals surface area (Å²) >= 11 is 0. The van der Waals surface area contributed by atoms with E-state index in [2.05, 4.69) is 77.4 Å². The van der Waals surface area contributed by atoms with E-state index in [1.54, 1.807) is 0 Å². The Morgan fingerprint density at radius 3 is 1.67 bits per heavy atom. The van der Waals surface area contributed by atoms with E-state index in [4.69, 9.17) is 0 Å². The first-order chi connectivity index (χ1) is 24.2. The van der Waals surface area contributed by atoms with Gasteiger partial charge >= 0.3 is 0 Å². The van der Waals surface area contributed by atoms with E-state index in [9.17, 15) is 9.59 Å². The predicted octanol–water partition coefficient (Wildman–Crippen LogP) is 9.60. The van der Waals surface area contributed by atoms with Crippen LogP contribution in [0, 0.1) is 0 Å². The van der Waals surface area contributed by atoms with Crippen molar-refractivity contribution in [3.63, 3.8) is 0 Å². The highest BCUT2D eigenvalue weighted by Gasteiger charge is 2.25. The van der Waals surface area contributed by atoms with Crippen molar-refractivity contribution in [1.82, 2.24) is 13.6 Å². The number of aromatic nitrogens is 3. The fraction of sp³-hybridized carbons (Fsp3) is 0. The molecule has 3 heterocycles. The first kappa shape index (κ1) is 27.4. The van der Waals surface area contributed by atoms with E-state index in [1.165, 1.54) is 4.52 Å². The van der Waals surface area contributed by atoms with Gasteiger partial charge < -0.3 is 4.57 Å². The number of benzene rings is 7. The van der Waals surface area contributed by atoms with Crippen LogP contribution in [0.15, 0.2) is 173 Å². The number of rotatable bonds is 4. The van der Waals surface area contributed by atoms with Crippen molar-refractivity contribution in [3.05, 3.63) is 184 Å². The van der Waals surface area contributed by atoms with Gasteiger partial charge in [0, 0.05) is 16.5 Å². The average molecular weight is 630 g/mol. The van der Waals surface area contributed by atoms with Crippen LogP contribution in [0.3, 0.4) is 0 Å². The zero-order valence-electron chi connectivity index (χ0n) is 26.2. The third-order valence-electron chi connectivity index (χ3n) is 9.82. The summed E-state index contributed by atoms with van der Waals surface area (Å²) < 4.78 is 5.29. The van der Waals surface area contributed by atoms with Crippen LogP contribution < -0.4 is 11.1 Å². The molecule has 0 spiro atoms. The largest absolute Gasteiger partial charge is 0.308 e. The molecule has 0 unspecified atom stereocenters. The molecule has 5 nitrogen and oxygen atoms in total. The van der Waals surface area contributed by atoms with E-state index in [1.807, 2.05) is 95.5 Å². The van der Waals surface area contributed by atoms with Crippen LogP contribution >= 0.6 is 0 Å². The highest BCUT2D eigenvalue weighted by atomic mass is 16.2. The molecule has 10 aromatic rings. The Hall–Kier alpha value is -6.72. The fourth-order valence-corrected chi connectivity index (χ4v) is 7.65. The van der Waals surface area contributed by atoms with Crippen LogP contribution in [-0.4, -0.2) is 13.6 Å². The van der Waals surface area contributed by atoms with Crippen molar-refractivity contribution >= 4 is 43.6 Å². The van der Waals surface area contributed by atoms with Crippen LogP contribution in [0.5, 0.6) is 0 Å².